The Morgan fingerprint density at radius 2 is 1.66 bits per heavy atom. The van der Waals surface area contributed by atoms with Crippen molar-refractivity contribution in [2.75, 3.05) is 5.32 Å². The number of carbonyl (C=O) groups is 1. The van der Waals surface area contributed by atoms with Crippen LogP contribution in [0.1, 0.15) is 10.4 Å². The van der Waals surface area contributed by atoms with E-state index in [0.29, 0.717) is 32.7 Å². The Hall–Kier alpha value is -3.77. The topological polar surface area (TPSA) is 85.1 Å². The van der Waals surface area contributed by atoms with Crippen LogP contribution in [0.15, 0.2) is 78.9 Å². The Morgan fingerprint density at radius 1 is 0.966 bits per heavy atom. The maximum atomic E-state index is 13.1. The molecule has 0 atom stereocenters. The van der Waals surface area contributed by atoms with Crippen molar-refractivity contribution < 1.29 is 9.72 Å². The van der Waals surface area contributed by atoms with Gasteiger partial charge in [-0.15, -0.1) is 0 Å². The van der Waals surface area contributed by atoms with Crippen LogP contribution in [-0.2, 0) is 0 Å². The largest absolute Gasteiger partial charge is 0.316 e. The lowest BCUT2D eigenvalue weighted by atomic mass is 10.0. The maximum Gasteiger partial charge on any atom is 0.292 e. The summed E-state index contributed by atoms with van der Waals surface area (Å²) in [5.74, 6) is -0.466. The molecule has 0 aliphatic rings. The minimum absolute atomic E-state index is 0.127. The van der Waals surface area contributed by atoms with Crippen LogP contribution in [0.2, 0.25) is 5.02 Å². The fourth-order valence-electron chi connectivity index (χ4n) is 3.10. The van der Waals surface area contributed by atoms with Crippen molar-refractivity contribution in [2.24, 2.45) is 0 Å². The van der Waals surface area contributed by atoms with E-state index in [1.807, 2.05) is 24.3 Å². The molecule has 1 N–H and O–H groups in total. The highest BCUT2D eigenvalue weighted by Gasteiger charge is 2.19. The molecule has 0 spiro atoms. The second-order valence-electron chi connectivity index (χ2n) is 6.28. The minimum atomic E-state index is -0.532. The lowest BCUT2D eigenvalue weighted by Crippen LogP contribution is -2.14. The zero-order valence-electron chi connectivity index (χ0n) is 15.0. The quantitative estimate of drug-likeness (QED) is 0.349. The van der Waals surface area contributed by atoms with Gasteiger partial charge in [0, 0.05) is 22.0 Å². The third kappa shape index (κ3) is 3.66. The first-order valence-electron chi connectivity index (χ1n) is 8.74. The average Bonchev–Trinajstić information content (AvgIpc) is 2.73. The zero-order valence-corrected chi connectivity index (χ0v) is 15.8. The van der Waals surface area contributed by atoms with Gasteiger partial charge in [0.25, 0.3) is 11.6 Å². The highest BCUT2D eigenvalue weighted by Crippen LogP contribution is 2.31. The van der Waals surface area contributed by atoms with Crippen LogP contribution < -0.4 is 5.32 Å². The number of benzene rings is 3. The molecule has 1 heterocycles. The number of hydrogen-bond donors (Lipinski definition) is 1. The van der Waals surface area contributed by atoms with Gasteiger partial charge in [0.1, 0.15) is 5.69 Å². The number of para-hydroxylation sites is 3. The van der Waals surface area contributed by atoms with Crippen molar-refractivity contribution in [3.05, 3.63) is 99.6 Å². The van der Waals surface area contributed by atoms with E-state index in [1.54, 1.807) is 42.5 Å². The molecule has 1 amide bonds. The van der Waals surface area contributed by atoms with E-state index >= 15 is 0 Å². The standard InChI is InChI=1S/C22H14ClN3O3/c23-17-9-3-1-8-15(17)20-13-16(14-7-2-4-10-18(14)24-20)22(27)25-19-11-5-6-12-21(19)26(28)29/h1-13H,(H,25,27). The Balaban J connectivity index is 1.84. The molecule has 0 unspecified atom stereocenters. The molecule has 0 aliphatic carbocycles. The smallest absolute Gasteiger partial charge is 0.292 e. The second kappa shape index (κ2) is 7.69. The van der Waals surface area contributed by atoms with Crippen LogP contribution in [0, 0.1) is 10.1 Å². The van der Waals surface area contributed by atoms with Crippen LogP contribution in [0.25, 0.3) is 22.2 Å². The number of nitro benzene ring substituents is 1. The number of amides is 1. The minimum Gasteiger partial charge on any atom is -0.316 e. The van der Waals surface area contributed by atoms with Crippen LogP contribution in [-0.4, -0.2) is 15.8 Å². The van der Waals surface area contributed by atoms with E-state index in [1.165, 1.54) is 12.1 Å². The highest BCUT2D eigenvalue weighted by atomic mass is 35.5. The summed E-state index contributed by atoms with van der Waals surface area (Å²) in [5, 5.41) is 15.1. The van der Waals surface area contributed by atoms with Gasteiger partial charge in [0.15, 0.2) is 0 Å². The fourth-order valence-corrected chi connectivity index (χ4v) is 3.33. The molecule has 0 fully saturated rings. The van der Waals surface area contributed by atoms with Crippen molar-refractivity contribution in [3.8, 4) is 11.3 Å². The molecule has 0 aliphatic heterocycles. The van der Waals surface area contributed by atoms with Crippen molar-refractivity contribution in [3.63, 3.8) is 0 Å². The zero-order chi connectivity index (χ0) is 20.4. The average molecular weight is 404 g/mol. The predicted octanol–water partition coefficient (Wildman–Crippen LogP) is 5.72. The third-order valence-electron chi connectivity index (χ3n) is 4.46. The first-order valence-corrected chi connectivity index (χ1v) is 9.12. The molecule has 142 valence electrons. The van der Waals surface area contributed by atoms with Gasteiger partial charge in [-0.25, -0.2) is 4.98 Å². The summed E-state index contributed by atoms with van der Waals surface area (Å²) in [7, 11) is 0. The molecule has 0 saturated heterocycles. The molecule has 3 aromatic carbocycles. The Kier molecular flexibility index (Phi) is 4.93. The number of fused-ring (bicyclic) bond motifs is 1. The number of rotatable bonds is 4. The van der Waals surface area contributed by atoms with E-state index in [2.05, 4.69) is 10.3 Å². The van der Waals surface area contributed by atoms with E-state index in [9.17, 15) is 14.9 Å². The van der Waals surface area contributed by atoms with Crippen LogP contribution in [0.5, 0.6) is 0 Å². The summed E-state index contributed by atoms with van der Waals surface area (Å²) in [5.41, 5.74) is 2.16. The van der Waals surface area contributed by atoms with Crippen LogP contribution in [0.4, 0.5) is 11.4 Å². The van der Waals surface area contributed by atoms with Gasteiger partial charge in [0.05, 0.1) is 21.7 Å². The molecule has 0 saturated carbocycles. The monoisotopic (exact) mass is 403 g/mol. The van der Waals surface area contributed by atoms with E-state index in [0.717, 1.165) is 0 Å². The molecular weight excluding hydrogens is 390 g/mol. The third-order valence-corrected chi connectivity index (χ3v) is 4.79. The van der Waals surface area contributed by atoms with Crippen molar-refractivity contribution in [2.45, 2.75) is 0 Å². The number of halogens is 1. The van der Waals surface area contributed by atoms with Gasteiger partial charge in [-0.2, -0.15) is 0 Å². The van der Waals surface area contributed by atoms with Crippen molar-refractivity contribution in [1.29, 1.82) is 0 Å². The maximum absolute atomic E-state index is 13.1. The van der Waals surface area contributed by atoms with Gasteiger partial charge in [0.2, 0.25) is 0 Å². The number of carbonyl (C=O) groups excluding carboxylic acids is 1. The lowest BCUT2D eigenvalue weighted by molar-refractivity contribution is -0.383. The first kappa shape index (κ1) is 18.6. The number of nitrogens with one attached hydrogen (secondary N) is 1. The Labute approximate surface area is 170 Å². The Bertz CT molecular complexity index is 1260. The van der Waals surface area contributed by atoms with Crippen LogP contribution in [0.3, 0.4) is 0 Å². The molecule has 1 aromatic heterocycles. The number of nitro groups is 1. The summed E-state index contributed by atoms with van der Waals surface area (Å²) < 4.78 is 0. The summed E-state index contributed by atoms with van der Waals surface area (Å²) in [6, 6.07) is 22.1. The Morgan fingerprint density at radius 3 is 2.45 bits per heavy atom. The summed E-state index contributed by atoms with van der Waals surface area (Å²) in [6.45, 7) is 0. The van der Waals surface area contributed by atoms with E-state index < -0.39 is 10.8 Å². The van der Waals surface area contributed by atoms with Crippen LogP contribution >= 0.6 is 11.6 Å². The van der Waals surface area contributed by atoms with Crippen molar-refractivity contribution >= 4 is 39.8 Å². The lowest BCUT2D eigenvalue weighted by Gasteiger charge is -2.11. The molecule has 4 rings (SSSR count). The molecule has 0 radical (unpaired) electrons. The number of nitrogens with zero attached hydrogens (tertiary/aromatic N) is 2. The van der Waals surface area contributed by atoms with Gasteiger partial charge in [-0.3, -0.25) is 14.9 Å². The SMILES string of the molecule is O=C(Nc1ccccc1[N+](=O)[O-])c1cc(-c2ccccc2Cl)nc2ccccc12. The molecule has 0 bridgehead atoms. The number of pyridine rings is 1. The van der Waals surface area contributed by atoms with Gasteiger partial charge >= 0.3 is 0 Å². The van der Waals surface area contributed by atoms with Gasteiger partial charge in [-0.1, -0.05) is 60.1 Å². The van der Waals surface area contributed by atoms with Gasteiger partial charge in [-0.05, 0) is 24.3 Å². The highest BCUT2D eigenvalue weighted by molar-refractivity contribution is 6.33. The number of aromatic nitrogens is 1. The normalized spacial score (nSPS) is 10.7. The number of hydrogen-bond acceptors (Lipinski definition) is 4. The first-order chi connectivity index (χ1) is 14.0. The fraction of sp³-hybridized carbons (Fsp3) is 0. The summed E-state index contributed by atoms with van der Waals surface area (Å²) in [6.07, 6.45) is 0. The molecule has 7 heteroatoms. The van der Waals surface area contributed by atoms with Crippen molar-refractivity contribution in [1.82, 2.24) is 4.98 Å². The van der Waals surface area contributed by atoms with Gasteiger partial charge < -0.3 is 5.32 Å². The summed E-state index contributed by atoms with van der Waals surface area (Å²) in [4.78, 5) is 28.4. The molecule has 6 nitrogen and oxygen atoms in total. The predicted molar refractivity (Wildman–Crippen MR) is 113 cm³/mol. The van der Waals surface area contributed by atoms with E-state index in [4.69, 9.17) is 11.6 Å². The molecule has 4 aromatic rings. The molecule has 29 heavy (non-hydrogen) atoms. The number of anilines is 1. The second-order valence-corrected chi connectivity index (χ2v) is 6.69. The molecular formula is C22H14ClN3O3. The van der Waals surface area contributed by atoms with E-state index in [-0.39, 0.29) is 11.4 Å². The summed E-state index contributed by atoms with van der Waals surface area (Å²) >= 11 is 6.31.